The summed E-state index contributed by atoms with van der Waals surface area (Å²) < 4.78 is 16.1. The summed E-state index contributed by atoms with van der Waals surface area (Å²) in [4.78, 5) is 38.7. The van der Waals surface area contributed by atoms with Crippen LogP contribution < -0.4 is 19.7 Å². The van der Waals surface area contributed by atoms with E-state index < -0.39 is 24.4 Å². The molecule has 3 aromatic rings. The summed E-state index contributed by atoms with van der Waals surface area (Å²) in [7, 11) is 1.59. The molecule has 0 saturated carbocycles. The Morgan fingerprint density at radius 1 is 0.972 bits per heavy atom. The van der Waals surface area contributed by atoms with Crippen molar-refractivity contribution in [3.8, 4) is 17.2 Å². The number of halogens is 2. The number of esters is 1. The number of benzene rings is 3. The largest absolute Gasteiger partial charge is 0.497 e. The average Bonchev–Trinajstić information content (AvgIpc) is 3.28. The first-order valence-corrected chi connectivity index (χ1v) is 11.7. The van der Waals surface area contributed by atoms with Crippen LogP contribution in [0.5, 0.6) is 17.2 Å². The molecule has 0 radical (unpaired) electrons. The monoisotopic (exact) mass is 528 g/mol. The molecule has 0 unspecified atom stereocenters. The van der Waals surface area contributed by atoms with Crippen LogP contribution in [0.1, 0.15) is 6.42 Å². The van der Waals surface area contributed by atoms with Crippen molar-refractivity contribution in [2.45, 2.75) is 6.42 Å². The number of carbonyl (C=O) groups excluding carboxylic acids is 3. The normalized spacial score (nSPS) is 14.9. The molecule has 1 atom stereocenters. The van der Waals surface area contributed by atoms with Crippen LogP contribution >= 0.6 is 23.2 Å². The zero-order chi connectivity index (χ0) is 25.7. The highest BCUT2D eigenvalue weighted by molar-refractivity contribution is 6.44. The van der Waals surface area contributed by atoms with E-state index in [4.69, 9.17) is 37.4 Å². The molecule has 3 aromatic carbocycles. The van der Waals surface area contributed by atoms with Crippen molar-refractivity contribution >= 4 is 52.4 Å². The van der Waals surface area contributed by atoms with Gasteiger partial charge in [0.05, 0.1) is 28.8 Å². The van der Waals surface area contributed by atoms with Gasteiger partial charge in [-0.1, -0.05) is 29.3 Å². The van der Waals surface area contributed by atoms with E-state index in [9.17, 15) is 14.4 Å². The quantitative estimate of drug-likeness (QED) is 0.397. The van der Waals surface area contributed by atoms with Crippen molar-refractivity contribution in [2.24, 2.45) is 5.92 Å². The fourth-order valence-electron chi connectivity index (χ4n) is 3.63. The van der Waals surface area contributed by atoms with E-state index in [0.29, 0.717) is 22.9 Å². The van der Waals surface area contributed by atoms with Crippen LogP contribution in [0.4, 0.5) is 11.4 Å². The first-order chi connectivity index (χ1) is 17.3. The van der Waals surface area contributed by atoms with Gasteiger partial charge in [-0.05, 0) is 60.7 Å². The van der Waals surface area contributed by atoms with Crippen LogP contribution in [-0.2, 0) is 19.1 Å². The van der Waals surface area contributed by atoms with Gasteiger partial charge in [0.1, 0.15) is 17.2 Å². The Morgan fingerprint density at radius 2 is 1.61 bits per heavy atom. The predicted octanol–water partition coefficient (Wildman–Crippen LogP) is 5.33. The Labute approximate surface area is 217 Å². The van der Waals surface area contributed by atoms with E-state index in [0.717, 1.165) is 5.75 Å². The third kappa shape index (κ3) is 6.08. The van der Waals surface area contributed by atoms with Gasteiger partial charge in [0.2, 0.25) is 5.91 Å². The van der Waals surface area contributed by atoms with E-state index in [1.807, 2.05) is 0 Å². The predicted molar refractivity (Wildman–Crippen MR) is 136 cm³/mol. The maximum absolute atomic E-state index is 12.5. The molecule has 186 valence electrons. The molecule has 1 saturated heterocycles. The van der Waals surface area contributed by atoms with Gasteiger partial charge in [0.15, 0.2) is 6.61 Å². The topological polar surface area (TPSA) is 94.2 Å². The van der Waals surface area contributed by atoms with Crippen molar-refractivity contribution in [2.75, 3.05) is 30.5 Å². The average molecular weight is 529 g/mol. The smallest absolute Gasteiger partial charge is 0.311 e. The number of rotatable bonds is 8. The van der Waals surface area contributed by atoms with Crippen LogP contribution in [0.25, 0.3) is 0 Å². The number of anilines is 2. The van der Waals surface area contributed by atoms with E-state index in [2.05, 4.69) is 5.32 Å². The van der Waals surface area contributed by atoms with Crippen molar-refractivity contribution in [3.05, 3.63) is 76.8 Å². The summed E-state index contributed by atoms with van der Waals surface area (Å²) in [6, 6.07) is 18.9. The van der Waals surface area contributed by atoms with Crippen molar-refractivity contribution in [1.82, 2.24) is 0 Å². The van der Waals surface area contributed by atoms with Crippen molar-refractivity contribution in [1.29, 1.82) is 0 Å². The maximum Gasteiger partial charge on any atom is 0.311 e. The van der Waals surface area contributed by atoms with Crippen molar-refractivity contribution < 1.29 is 28.6 Å². The van der Waals surface area contributed by atoms with E-state index in [1.54, 1.807) is 73.8 Å². The van der Waals surface area contributed by atoms with Gasteiger partial charge in [0.25, 0.3) is 5.91 Å². The second kappa shape index (κ2) is 11.3. The number of hydrogen-bond acceptors (Lipinski definition) is 6. The second-order valence-electron chi connectivity index (χ2n) is 7.93. The minimum atomic E-state index is -0.685. The van der Waals surface area contributed by atoms with Crippen molar-refractivity contribution in [3.63, 3.8) is 0 Å². The van der Waals surface area contributed by atoms with Gasteiger partial charge in [-0.2, -0.15) is 0 Å². The third-order valence-electron chi connectivity index (χ3n) is 5.47. The summed E-state index contributed by atoms with van der Waals surface area (Å²) in [6.45, 7) is -0.359. The molecule has 10 heteroatoms. The summed E-state index contributed by atoms with van der Waals surface area (Å²) in [5.74, 6) is -0.128. The Balaban J connectivity index is 1.29. The number of ether oxygens (including phenoxy) is 3. The highest BCUT2D eigenvalue weighted by atomic mass is 35.5. The first kappa shape index (κ1) is 25.3. The Kier molecular flexibility index (Phi) is 7.97. The minimum Gasteiger partial charge on any atom is -0.497 e. The lowest BCUT2D eigenvalue weighted by molar-refractivity contribution is -0.151. The number of nitrogens with one attached hydrogen (secondary N) is 1. The SMILES string of the molecule is COc1ccc(Oc2ccc(N3C[C@H](C(=O)OCC(=O)Nc4cccc(Cl)c4Cl)CC3=O)cc2)cc1. The summed E-state index contributed by atoms with van der Waals surface area (Å²) in [5, 5.41) is 3.02. The highest BCUT2D eigenvalue weighted by Crippen LogP contribution is 2.31. The maximum atomic E-state index is 12.5. The number of carbonyl (C=O) groups is 3. The van der Waals surface area contributed by atoms with Gasteiger partial charge in [-0.3, -0.25) is 14.4 Å². The molecular weight excluding hydrogens is 507 g/mol. The van der Waals surface area contributed by atoms with Gasteiger partial charge in [0, 0.05) is 18.7 Å². The zero-order valence-electron chi connectivity index (χ0n) is 19.2. The summed E-state index contributed by atoms with van der Waals surface area (Å²) in [5.41, 5.74) is 0.942. The van der Waals surface area contributed by atoms with E-state index in [1.165, 1.54) is 4.90 Å². The molecule has 4 rings (SSSR count). The number of nitrogens with zero attached hydrogens (tertiary/aromatic N) is 1. The molecule has 2 amide bonds. The van der Waals surface area contributed by atoms with E-state index >= 15 is 0 Å². The number of amides is 2. The molecule has 1 aliphatic heterocycles. The van der Waals surface area contributed by atoms with Crippen LogP contribution in [0.3, 0.4) is 0 Å². The Morgan fingerprint density at radius 3 is 2.28 bits per heavy atom. The second-order valence-corrected chi connectivity index (χ2v) is 8.72. The minimum absolute atomic E-state index is 0.00925. The number of methoxy groups -OCH3 is 1. The van der Waals surface area contributed by atoms with Crippen LogP contribution in [0.2, 0.25) is 10.0 Å². The lowest BCUT2D eigenvalue weighted by Crippen LogP contribution is -2.28. The first-order valence-electron chi connectivity index (χ1n) is 11.0. The van der Waals surface area contributed by atoms with E-state index in [-0.39, 0.29) is 28.9 Å². The molecule has 1 heterocycles. The molecule has 1 fully saturated rings. The van der Waals surface area contributed by atoms with Gasteiger partial charge >= 0.3 is 5.97 Å². The Hall–Kier alpha value is -3.75. The van der Waals surface area contributed by atoms with Gasteiger partial charge in [-0.25, -0.2) is 0 Å². The Bertz CT molecular complexity index is 1260. The molecule has 1 aliphatic rings. The summed E-state index contributed by atoms with van der Waals surface area (Å²) >= 11 is 12.0. The zero-order valence-corrected chi connectivity index (χ0v) is 20.7. The lowest BCUT2D eigenvalue weighted by Gasteiger charge is -2.17. The third-order valence-corrected chi connectivity index (χ3v) is 6.29. The summed E-state index contributed by atoms with van der Waals surface area (Å²) in [6.07, 6.45) is -0.00925. The van der Waals surface area contributed by atoms with Gasteiger partial charge < -0.3 is 24.4 Å². The molecular formula is C26H22Cl2N2O6. The lowest BCUT2D eigenvalue weighted by atomic mass is 10.1. The molecule has 0 spiro atoms. The fourth-order valence-corrected chi connectivity index (χ4v) is 3.98. The number of hydrogen-bond donors (Lipinski definition) is 1. The highest BCUT2D eigenvalue weighted by Gasteiger charge is 2.36. The molecule has 36 heavy (non-hydrogen) atoms. The standard InChI is InChI=1S/C26H22Cl2N2O6/c1-34-18-9-11-20(12-10-18)36-19-7-5-17(6-8-19)30-14-16(13-24(30)32)26(33)35-15-23(31)29-22-4-2-3-21(27)25(22)28/h2-12,16H,13-15H2,1H3,(H,29,31)/t16-/m1/s1. The van der Waals surface area contributed by atoms with Gasteiger partial charge in [-0.15, -0.1) is 0 Å². The molecule has 0 bridgehead atoms. The van der Waals surface area contributed by atoms with Crippen LogP contribution in [0.15, 0.2) is 66.7 Å². The molecule has 8 nitrogen and oxygen atoms in total. The molecule has 0 aromatic heterocycles. The van der Waals surface area contributed by atoms with Crippen LogP contribution in [-0.4, -0.2) is 38.0 Å². The molecule has 1 N–H and O–H groups in total. The molecule has 0 aliphatic carbocycles. The van der Waals surface area contributed by atoms with Crippen LogP contribution in [0, 0.1) is 5.92 Å². The fraction of sp³-hybridized carbons (Fsp3) is 0.192.